The van der Waals surface area contributed by atoms with E-state index in [9.17, 15) is 4.79 Å². The number of amides is 1. The van der Waals surface area contributed by atoms with Crippen molar-refractivity contribution in [3.8, 4) is 0 Å². The van der Waals surface area contributed by atoms with E-state index in [1.807, 2.05) is 0 Å². The van der Waals surface area contributed by atoms with Crippen molar-refractivity contribution >= 4 is 34.8 Å². The number of anilines is 1. The average Bonchev–Trinajstić information content (AvgIpc) is 2.32. The van der Waals surface area contributed by atoms with E-state index >= 15 is 0 Å². The monoisotopic (exact) mass is 268 g/mol. The van der Waals surface area contributed by atoms with Gasteiger partial charge >= 0.3 is 0 Å². The first-order chi connectivity index (χ1) is 8.16. The zero-order valence-electron chi connectivity index (χ0n) is 8.39. The number of carbonyl (C=O) groups is 1. The fourth-order valence-corrected chi connectivity index (χ4v) is 1.43. The van der Waals surface area contributed by atoms with E-state index in [0.29, 0.717) is 5.69 Å². The first kappa shape index (κ1) is 11.8. The van der Waals surface area contributed by atoms with Gasteiger partial charge in [0.05, 0.1) is 18.1 Å². The summed E-state index contributed by atoms with van der Waals surface area (Å²) in [6.07, 6.45) is 4.18. The molecule has 0 bridgehead atoms. The van der Waals surface area contributed by atoms with Crippen LogP contribution in [0.5, 0.6) is 0 Å². The van der Waals surface area contributed by atoms with Gasteiger partial charge in [-0.25, -0.2) is 9.97 Å². The van der Waals surface area contributed by atoms with Crippen molar-refractivity contribution in [2.45, 2.75) is 0 Å². The van der Waals surface area contributed by atoms with Gasteiger partial charge in [-0.15, -0.1) is 0 Å². The van der Waals surface area contributed by atoms with Crippen molar-refractivity contribution in [1.29, 1.82) is 0 Å². The summed E-state index contributed by atoms with van der Waals surface area (Å²) in [4.78, 5) is 23.2. The van der Waals surface area contributed by atoms with E-state index in [4.69, 9.17) is 23.2 Å². The van der Waals surface area contributed by atoms with Crippen LogP contribution in [0.2, 0.25) is 10.3 Å². The Morgan fingerprint density at radius 2 is 2.12 bits per heavy atom. The SMILES string of the molecule is O=C(Nc1cccnc1Cl)c1cncc(Cl)n1. The molecule has 0 radical (unpaired) electrons. The molecule has 0 aliphatic carbocycles. The lowest BCUT2D eigenvalue weighted by atomic mass is 10.3. The quantitative estimate of drug-likeness (QED) is 0.850. The fraction of sp³-hybridized carbons (Fsp3) is 0. The van der Waals surface area contributed by atoms with Gasteiger partial charge in [-0.1, -0.05) is 23.2 Å². The van der Waals surface area contributed by atoms with Crippen molar-refractivity contribution < 1.29 is 4.79 Å². The number of hydrogen-bond acceptors (Lipinski definition) is 4. The number of nitrogens with one attached hydrogen (secondary N) is 1. The van der Waals surface area contributed by atoms with Crippen molar-refractivity contribution in [2.24, 2.45) is 0 Å². The number of halogens is 2. The molecule has 0 aliphatic heterocycles. The van der Waals surface area contributed by atoms with Crippen LogP contribution in [0.25, 0.3) is 0 Å². The van der Waals surface area contributed by atoms with Crippen LogP contribution in [0.4, 0.5) is 5.69 Å². The van der Waals surface area contributed by atoms with Crippen LogP contribution < -0.4 is 5.32 Å². The third-order valence-electron chi connectivity index (χ3n) is 1.85. The molecule has 0 unspecified atom stereocenters. The summed E-state index contributed by atoms with van der Waals surface area (Å²) in [5.41, 5.74) is 0.512. The minimum atomic E-state index is -0.449. The Hall–Kier alpha value is -1.72. The molecule has 2 aromatic heterocycles. The summed E-state index contributed by atoms with van der Waals surface area (Å²) in [6.45, 7) is 0. The average molecular weight is 269 g/mol. The third kappa shape index (κ3) is 2.89. The maximum atomic E-state index is 11.8. The molecule has 7 heteroatoms. The van der Waals surface area contributed by atoms with Gasteiger partial charge in [0.25, 0.3) is 5.91 Å². The van der Waals surface area contributed by atoms with Gasteiger partial charge in [-0.05, 0) is 12.1 Å². The zero-order chi connectivity index (χ0) is 12.3. The molecule has 2 heterocycles. The normalized spacial score (nSPS) is 10.0. The molecule has 1 N–H and O–H groups in total. The third-order valence-corrected chi connectivity index (χ3v) is 2.33. The Morgan fingerprint density at radius 1 is 1.29 bits per heavy atom. The smallest absolute Gasteiger partial charge is 0.276 e. The molecule has 2 rings (SSSR count). The highest BCUT2D eigenvalue weighted by atomic mass is 35.5. The highest BCUT2D eigenvalue weighted by Crippen LogP contribution is 2.18. The summed E-state index contributed by atoms with van der Waals surface area (Å²) in [5.74, 6) is -0.449. The Bertz CT molecular complexity index is 562. The Labute approximate surface area is 107 Å². The molecule has 17 heavy (non-hydrogen) atoms. The van der Waals surface area contributed by atoms with E-state index in [2.05, 4.69) is 20.3 Å². The van der Waals surface area contributed by atoms with Crippen LogP contribution in [0.1, 0.15) is 10.5 Å². The predicted molar refractivity (Wildman–Crippen MR) is 64.2 cm³/mol. The lowest BCUT2D eigenvalue weighted by Gasteiger charge is -2.05. The van der Waals surface area contributed by atoms with Gasteiger partial charge in [0.15, 0.2) is 5.15 Å². The molecule has 86 valence electrons. The Balaban J connectivity index is 2.20. The molecular formula is C10H6Cl2N4O. The molecule has 0 aliphatic rings. The second-order valence-electron chi connectivity index (χ2n) is 3.02. The second kappa shape index (κ2) is 5.07. The molecule has 1 amide bonds. The van der Waals surface area contributed by atoms with Crippen LogP contribution in [0, 0.1) is 0 Å². The lowest BCUT2D eigenvalue weighted by molar-refractivity contribution is 0.102. The van der Waals surface area contributed by atoms with Gasteiger partial charge in [0.2, 0.25) is 0 Å². The summed E-state index contributed by atoms with van der Waals surface area (Å²) in [7, 11) is 0. The standard InChI is InChI=1S/C10H6Cl2N4O/c11-8-5-13-4-7(15-8)10(17)16-6-2-1-3-14-9(6)12/h1-5H,(H,16,17). The molecular weight excluding hydrogens is 263 g/mol. The molecule has 0 saturated heterocycles. The van der Waals surface area contributed by atoms with Gasteiger partial charge < -0.3 is 5.32 Å². The van der Waals surface area contributed by atoms with E-state index in [-0.39, 0.29) is 16.0 Å². The number of pyridine rings is 1. The molecule has 0 aromatic carbocycles. The van der Waals surface area contributed by atoms with E-state index in [1.54, 1.807) is 12.1 Å². The Morgan fingerprint density at radius 3 is 2.82 bits per heavy atom. The highest BCUT2D eigenvalue weighted by Gasteiger charge is 2.10. The van der Waals surface area contributed by atoms with Crippen LogP contribution in [-0.2, 0) is 0 Å². The number of rotatable bonds is 2. The minimum Gasteiger partial charge on any atom is -0.318 e. The molecule has 0 saturated carbocycles. The fourth-order valence-electron chi connectivity index (χ4n) is 1.12. The lowest BCUT2D eigenvalue weighted by Crippen LogP contribution is -2.14. The number of nitrogens with zero attached hydrogens (tertiary/aromatic N) is 3. The van der Waals surface area contributed by atoms with E-state index in [1.165, 1.54) is 18.6 Å². The highest BCUT2D eigenvalue weighted by molar-refractivity contribution is 6.32. The molecule has 0 atom stereocenters. The van der Waals surface area contributed by atoms with Crippen LogP contribution in [0.3, 0.4) is 0 Å². The van der Waals surface area contributed by atoms with Gasteiger partial charge in [0.1, 0.15) is 10.8 Å². The van der Waals surface area contributed by atoms with Gasteiger partial charge in [-0.3, -0.25) is 9.78 Å². The van der Waals surface area contributed by atoms with Crippen LogP contribution >= 0.6 is 23.2 Å². The second-order valence-corrected chi connectivity index (χ2v) is 3.77. The van der Waals surface area contributed by atoms with E-state index < -0.39 is 5.91 Å². The largest absolute Gasteiger partial charge is 0.318 e. The molecule has 0 spiro atoms. The van der Waals surface area contributed by atoms with Crippen LogP contribution in [0.15, 0.2) is 30.7 Å². The van der Waals surface area contributed by atoms with Crippen molar-refractivity contribution in [1.82, 2.24) is 15.0 Å². The predicted octanol–water partition coefficient (Wildman–Crippen LogP) is 2.43. The van der Waals surface area contributed by atoms with Gasteiger partial charge in [-0.2, -0.15) is 0 Å². The van der Waals surface area contributed by atoms with Crippen LogP contribution in [-0.4, -0.2) is 20.9 Å². The zero-order valence-corrected chi connectivity index (χ0v) is 9.90. The summed E-state index contributed by atoms with van der Waals surface area (Å²) >= 11 is 11.4. The minimum absolute atomic E-state index is 0.109. The van der Waals surface area contributed by atoms with Crippen molar-refractivity contribution in [2.75, 3.05) is 5.32 Å². The van der Waals surface area contributed by atoms with E-state index in [0.717, 1.165) is 0 Å². The molecule has 5 nitrogen and oxygen atoms in total. The maximum absolute atomic E-state index is 11.8. The summed E-state index contributed by atoms with van der Waals surface area (Å²) in [6, 6.07) is 3.29. The summed E-state index contributed by atoms with van der Waals surface area (Å²) in [5, 5.41) is 2.91. The van der Waals surface area contributed by atoms with Crippen molar-refractivity contribution in [3.63, 3.8) is 0 Å². The topological polar surface area (TPSA) is 67.8 Å². The molecule has 2 aromatic rings. The van der Waals surface area contributed by atoms with Crippen molar-refractivity contribution in [3.05, 3.63) is 46.7 Å². The number of hydrogen-bond donors (Lipinski definition) is 1. The maximum Gasteiger partial charge on any atom is 0.276 e. The Kier molecular flexibility index (Phi) is 3.51. The molecule has 0 fully saturated rings. The summed E-state index contributed by atoms with van der Waals surface area (Å²) < 4.78 is 0. The first-order valence-electron chi connectivity index (χ1n) is 4.56. The number of aromatic nitrogens is 3. The first-order valence-corrected chi connectivity index (χ1v) is 5.32. The number of carbonyl (C=O) groups excluding carboxylic acids is 1. The van der Waals surface area contributed by atoms with Gasteiger partial charge in [0, 0.05) is 6.20 Å².